The van der Waals surface area contributed by atoms with Crippen LogP contribution in [0.5, 0.6) is 0 Å². The highest BCUT2D eigenvalue weighted by Gasteiger charge is 2.20. The Kier molecular flexibility index (Phi) is 3.78. The molecule has 1 aromatic heterocycles. The molecule has 0 aliphatic heterocycles. The summed E-state index contributed by atoms with van der Waals surface area (Å²) in [5.74, 6) is -0.0594. The van der Waals surface area contributed by atoms with Crippen LogP contribution >= 0.6 is 0 Å². The van der Waals surface area contributed by atoms with E-state index in [9.17, 15) is 4.79 Å². The summed E-state index contributed by atoms with van der Waals surface area (Å²) in [4.78, 5) is 12.3. The molecule has 0 unspecified atom stereocenters. The number of aryl methyl sites for hydroxylation is 2. The van der Waals surface area contributed by atoms with Gasteiger partial charge in [0, 0.05) is 11.7 Å². The van der Waals surface area contributed by atoms with Crippen LogP contribution in [-0.4, -0.2) is 21.7 Å². The Morgan fingerprint density at radius 1 is 1.19 bits per heavy atom. The normalized spacial score (nSPS) is 15.3. The first-order valence-electron chi connectivity index (χ1n) is 7.58. The molecule has 0 radical (unpaired) electrons. The molecular formula is C17H21N3O. The third kappa shape index (κ3) is 2.99. The van der Waals surface area contributed by atoms with Gasteiger partial charge in [-0.05, 0) is 44.9 Å². The Labute approximate surface area is 125 Å². The van der Waals surface area contributed by atoms with E-state index in [1.165, 1.54) is 18.4 Å². The molecule has 1 amide bonds. The molecule has 1 aliphatic rings. The molecule has 0 bridgehead atoms. The number of benzene rings is 1. The van der Waals surface area contributed by atoms with Crippen LogP contribution in [-0.2, 0) is 0 Å². The van der Waals surface area contributed by atoms with Crippen LogP contribution in [0.25, 0.3) is 5.69 Å². The van der Waals surface area contributed by atoms with Crippen LogP contribution < -0.4 is 5.32 Å². The molecule has 4 nitrogen and oxygen atoms in total. The van der Waals surface area contributed by atoms with Crippen molar-refractivity contribution in [2.24, 2.45) is 0 Å². The SMILES string of the molecule is Cc1ccc(-n2nc(C(=O)NC3CCCC3)cc2C)cc1. The highest BCUT2D eigenvalue weighted by molar-refractivity contribution is 5.92. The zero-order valence-corrected chi connectivity index (χ0v) is 12.6. The Morgan fingerprint density at radius 3 is 2.52 bits per heavy atom. The quantitative estimate of drug-likeness (QED) is 0.940. The first-order chi connectivity index (χ1) is 10.1. The zero-order valence-electron chi connectivity index (χ0n) is 12.6. The van der Waals surface area contributed by atoms with Gasteiger partial charge in [0.05, 0.1) is 5.69 Å². The maximum Gasteiger partial charge on any atom is 0.272 e. The second-order valence-corrected chi connectivity index (χ2v) is 5.87. The minimum absolute atomic E-state index is 0.0594. The Bertz CT molecular complexity index is 637. The van der Waals surface area contributed by atoms with Crippen LogP contribution in [0.3, 0.4) is 0 Å². The van der Waals surface area contributed by atoms with E-state index in [4.69, 9.17) is 0 Å². The molecule has 2 aromatic rings. The second-order valence-electron chi connectivity index (χ2n) is 5.87. The summed E-state index contributed by atoms with van der Waals surface area (Å²) in [6.45, 7) is 4.03. The molecule has 0 atom stereocenters. The molecular weight excluding hydrogens is 262 g/mol. The van der Waals surface area contributed by atoms with E-state index in [2.05, 4.69) is 29.5 Å². The van der Waals surface area contributed by atoms with Gasteiger partial charge in [0.25, 0.3) is 5.91 Å². The summed E-state index contributed by atoms with van der Waals surface area (Å²) in [5.41, 5.74) is 3.66. The fourth-order valence-corrected chi connectivity index (χ4v) is 2.86. The van der Waals surface area contributed by atoms with Gasteiger partial charge < -0.3 is 5.32 Å². The van der Waals surface area contributed by atoms with Crippen molar-refractivity contribution in [1.82, 2.24) is 15.1 Å². The molecule has 3 rings (SSSR count). The minimum atomic E-state index is -0.0594. The molecule has 1 fully saturated rings. The van der Waals surface area contributed by atoms with E-state index in [1.54, 1.807) is 0 Å². The highest BCUT2D eigenvalue weighted by Crippen LogP contribution is 2.18. The number of hydrogen-bond acceptors (Lipinski definition) is 2. The Morgan fingerprint density at radius 2 is 1.86 bits per heavy atom. The summed E-state index contributed by atoms with van der Waals surface area (Å²) in [7, 11) is 0. The average Bonchev–Trinajstić information content (AvgIpc) is 3.09. The van der Waals surface area contributed by atoms with Crippen molar-refractivity contribution in [3.63, 3.8) is 0 Å². The Hall–Kier alpha value is -2.10. The van der Waals surface area contributed by atoms with Crippen LogP contribution in [0.2, 0.25) is 0 Å². The number of nitrogens with zero attached hydrogens (tertiary/aromatic N) is 2. The molecule has 1 aromatic carbocycles. The van der Waals surface area contributed by atoms with Crippen LogP contribution in [0.4, 0.5) is 0 Å². The van der Waals surface area contributed by atoms with Crippen LogP contribution in [0.1, 0.15) is 47.4 Å². The number of nitrogens with one attached hydrogen (secondary N) is 1. The number of hydrogen-bond donors (Lipinski definition) is 1. The van der Waals surface area contributed by atoms with Crippen LogP contribution in [0.15, 0.2) is 30.3 Å². The fourth-order valence-electron chi connectivity index (χ4n) is 2.86. The molecule has 21 heavy (non-hydrogen) atoms. The van der Waals surface area contributed by atoms with E-state index in [0.29, 0.717) is 11.7 Å². The highest BCUT2D eigenvalue weighted by atomic mass is 16.2. The molecule has 0 saturated heterocycles. The van der Waals surface area contributed by atoms with E-state index < -0.39 is 0 Å². The molecule has 1 N–H and O–H groups in total. The Balaban J connectivity index is 1.80. The van der Waals surface area contributed by atoms with Crippen molar-refractivity contribution in [3.05, 3.63) is 47.3 Å². The number of aromatic nitrogens is 2. The molecule has 1 aliphatic carbocycles. The van der Waals surface area contributed by atoms with Gasteiger partial charge in [-0.1, -0.05) is 30.5 Å². The second kappa shape index (κ2) is 5.72. The van der Waals surface area contributed by atoms with Gasteiger partial charge in [-0.2, -0.15) is 5.10 Å². The van der Waals surface area contributed by atoms with Gasteiger partial charge in [0.2, 0.25) is 0 Å². The summed E-state index contributed by atoms with van der Waals surface area (Å²) >= 11 is 0. The number of carbonyl (C=O) groups excluding carboxylic acids is 1. The number of amides is 1. The number of carbonyl (C=O) groups is 1. The predicted octanol–water partition coefficient (Wildman–Crippen LogP) is 3.16. The van der Waals surface area contributed by atoms with Gasteiger partial charge in [-0.3, -0.25) is 4.79 Å². The van der Waals surface area contributed by atoms with E-state index in [0.717, 1.165) is 24.2 Å². The predicted molar refractivity (Wildman–Crippen MR) is 82.8 cm³/mol. The van der Waals surface area contributed by atoms with Crippen molar-refractivity contribution < 1.29 is 4.79 Å². The van der Waals surface area contributed by atoms with Gasteiger partial charge in [-0.25, -0.2) is 4.68 Å². The lowest BCUT2D eigenvalue weighted by molar-refractivity contribution is 0.0932. The fraction of sp³-hybridized carbons (Fsp3) is 0.412. The molecule has 1 heterocycles. The van der Waals surface area contributed by atoms with E-state index in [1.807, 2.05) is 29.8 Å². The van der Waals surface area contributed by atoms with E-state index in [-0.39, 0.29) is 5.91 Å². The van der Waals surface area contributed by atoms with Crippen molar-refractivity contribution >= 4 is 5.91 Å². The summed E-state index contributed by atoms with van der Waals surface area (Å²) in [6, 6.07) is 10.3. The standard InChI is InChI=1S/C17H21N3O/c1-12-7-9-15(10-8-12)20-13(2)11-16(19-20)17(21)18-14-5-3-4-6-14/h7-11,14H,3-6H2,1-2H3,(H,18,21). The molecule has 4 heteroatoms. The lowest BCUT2D eigenvalue weighted by Gasteiger charge is -2.10. The molecule has 1 saturated carbocycles. The lowest BCUT2D eigenvalue weighted by atomic mass is 10.2. The molecule has 0 spiro atoms. The van der Waals surface area contributed by atoms with Gasteiger partial charge >= 0.3 is 0 Å². The van der Waals surface area contributed by atoms with Gasteiger partial charge in [0.1, 0.15) is 0 Å². The van der Waals surface area contributed by atoms with Crippen molar-refractivity contribution in [1.29, 1.82) is 0 Å². The average molecular weight is 283 g/mol. The van der Waals surface area contributed by atoms with E-state index >= 15 is 0 Å². The van der Waals surface area contributed by atoms with Crippen molar-refractivity contribution in [2.75, 3.05) is 0 Å². The minimum Gasteiger partial charge on any atom is -0.348 e. The molecule has 110 valence electrons. The smallest absolute Gasteiger partial charge is 0.272 e. The first-order valence-corrected chi connectivity index (χ1v) is 7.58. The van der Waals surface area contributed by atoms with Gasteiger partial charge in [-0.15, -0.1) is 0 Å². The van der Waals surface area contributed by atoms with Crippen molar-refractivity contribution in [3.8, 4) is 5.69 Å². The monoisotopic (exact) mass is 283 g/mol. The third-order valence-corrected chi connectivity index (χ3v) is 4.09. The van der Waals surface area contributed by atoms with Crippen LogP contribution in [0, 0.1) is 13.8 Å². The topological polar surface area (TPSA) is 46.9 Å². The maximum absolute atomic E-state index is 12.3. The summed E-state index contributed by atoms with van der Waals surface area (Å²) in [5, 5.41) is 7.54. The zero-order chi connectivity index (χ0) is 14.8. The first kappa shape index (κ1) is 13.9. The summed E-state index contributed by atoms with van der Waals surface area (Å²) < 4.78 is 1.82. The largest absolute Gasteiger partial charge is 0.348 e. The maximum atomic E-state index is 12.3. The van der Waals surface area contributed by atoms with Gasteiger partial charge in [0.15, 0.2) is 5.69 Å². The number of rotatable bonds is 3. The lowest BCUT2D eigenvalue weighted by Crippen LogP contribution is -2.32. The third-order valence-electron chi connectivity index (χ3n) is 4.09. The summed E-state index contributed by atoms with van der Waals surface area (Å²) in [6.07, 6.45) is 4.59. The van der Waals surface area contributed by atoms with Crippen molar-refractivity contribution in [2.45, 2.75) is 45.6 Å².